The first kappa shape index (κ1) is 12.3. The highest BCUT2D eigenvalue weighted by Gasteiger charge is 2.25. The van der Waals surface area contributed by atoms with Crippen LogP contribution in [-0.4, -0.2) is 41.0 Å². The summed E-state index contributed by atoms with van der Waals surface area (Å²) in [5.41, 5.74) is 1.13. The number of hydrogen-bond acceptors (Lipinski definition) is 5. The summed E-state index contributed by atoms with van der Waals surface area (Å²) in [6, 6.07) is 1.14. The topological polar surface area (TPSA) is 41.1 Å². The van der Waals surface area contributed by atoms with Gasteiger partial charge in [0.2, 0.25) is 0 Å². The first-order valence-corrected chi connectivity index (χ1v) is 8.97. The number of nitrogens with one attached hydrogen (secondary N) is 1. The molecule has 0 atom stereocenters. The molecule has 22 heavy (non-hydrogen) atoms. The molecule has 4 nitrogen and oxygen atoms in total. The van der Waals surface area contributed by atoms with Crippen molar-refractivity contribution < 1.29 is 2.74 Å². The first-order chi connectivity index (χ1) is 11.5. The number of rotatable bonds is 3. The summed E-state index contributed by atoms with van der Waals surface area (Å²) in [6.45, 7) is 0. The third kappa shape index (κ3) is 2.50. The van der Waals surface area contributed by atoms with Gasteiger partial charge in [-0.05, 0) is 64.6 Å². The van der Waals surface area contributed by atoms with Crippen LogP contribution in [0.4, 0.5) is 5.82 Å². The lowest BCUT2D eigenvalue weighted by Crippen LogP contribution is -2.36. The Kier molecular flexibility index (Phi) is 3.22. The van der Waals surface area contributed by atoms with Gasteiger partial charge in [0, 0.05) is 19.7 Å². The van der Waals surface area contributed by atoms with Gasteiger partial charge in [0.1, 0.15) is 17.0 Å². The van der Waals surface area contributed by atoms with Crippen molar-refractivity contribution in [3.05, 3.63) is 16.8 Å². The maximum Gasteiger partial charge on any atom is 0.138 e. The maximum absolute atomic E-state index is 8.19. The summed E-state index contributed by atoms with van der Waals surface area (Å²) in [4.78, 5) is 13.0. The molecule has 1 fully saturated rings. The van der Waals surface area contributed by atoms with Gasteiger partial charge in [-0.1, -0.05) is 0 Å². The Bertz CT molecular complexity index is 750. The van der Waals surface area contributed by atoms with Gasteiger partial charge in [-0.25, -0.2) is 9.97 Å². The van der Waals surface area contributed by atoms with Crippen molar-refractivity contribution in [2.75, 3.05) is 19.4 Å². The summed E-state index contributed by atoms with van der Waals surface area (Å²) in [5, 5.41) is 4.70. The minimum atomic E-state index is -1.21. The molecule has 1 saturated carbocycles. The monoisotopic (exact) mass is 318 g/mol. The van der Waals surface area contributed by atoms with E-state index in [1.165, 1.54) is 24.2 Å². The van der Waals surface area contributed by atoms with Gasteiger partial charge in [0.25, 0.3) is 0 Å². The second-order valence-electron chi connectivity index (χ2n) is 6.60. The molecule has 2 aromatic heterocycles. The maximum atomic E-state index is 8.19. The normalized spacial score (nSPS) is 28.5. The Morgan fingerprint density at radius 3 is 2.86 bits per heavy atom. The molecule has 0 aromatic carbocycles. The zero-order valence-electron chi connectivity index (χ0n) is 15.2. The molecule has 0 saturated heterocycles. The van der Waals surface area contributed by atoms with E-state index in [9.17, 15) is 0 Å². The predicted octanol–water partition coefficient (Wildman–Crippen LogP) is 3.46. The standard InChI is InChI=1S/C17H24N4S/c1-21(2)12-8-6-11(7-9-12)20-16-15-13-4-3-5-14(13)22-17(15)19-10-18-16/h10-12H,3-9H2,1-2H3,(H,18,19,20)/i5D2. The van der Waals surface area contributed by atoms with E-state index in [1.807, 2.05) is 0 Å². The lowest BCUT2D eigenvalue weighted by Gasteiger charge is -2.33. The van der Waals surface area contributed by atoms with E-state index >= 15 is 0 Å². The van der Waals surface area contributed by atoms with E-state index in [-0.39, 0.29) is 0 Å². The minimum absolute atomic E-state index is 0.452. The van der Waals surface area contributed by atoms with Crippen LogP contribution in [0.15, 0.2) is 6.33 Å². The van der Waals surface area contributed by atoms with Crippen LogP contribution in [-0.2, 0) is 12.8 Å². The number of hydrogen-bond donors (Lipinski definition) is 1. The molecule has 118 valence electrons. The van der Waals surface area contributed by atoms with Crippen molar-refractivity contribution in [3.63, 3.8) is 0 Å². The van der Waals surface area contributed by atoms with Gasteiger partial charge in [0.05, 0.1) is 5.39 Å². The average molecular weight is 318 g/mol. The highest BCUT2D eigenvalue weighted by atomic mass is 32.1. The van der Waals surface area contributed by atoms with Crippen LogP contribution in [0.25, 0.3) is 10.2 Å². The molecule has 0 aliphatic heterocycles. The molecule has 5 heteroatoms. The van der Waals surface area contributed by atoms with E-state index < -0.39 is 6.37 Å². The Labute approximate surface area is 138 Å². The fraction of sp³-hybridized carbons (Fsp3) is 0.647. The Balaban J connectivity index is 1.60. The van der Waals surface area contributed by atoms with Crippen LogP contribution in [0, 0.1) is 0 Å². The lowest BCUT2D eigenvalue weighted by molar-refractivity contribution is 0.221. The van der Waals surface area contributed by atoms with Crippen LogP contribution < -0.4 is 5.32 Å². The Morgan fingerprint density at radius 2 is 2.09 bits per heavy atom. The molecule has 2 heterocycles. The molecule has 0 radical (unpaired) electrons. The number of thiophene rings is 1. The van der Waals surface area contributed by atoms with Gasteiger partial charge in [-0.2, -0.15) is 0 Å². The van der Waals surface area contributed by atoms with E-state index in [1.54, 1.807) is 6.33 Å². The molecule has 0 unspecified atom stereocenters. The summed E-state index contributed by atoms with van der Waals surface area (Å²) in [7, 11) is 4.32. The zero-order valence-corrected chi connectivity index (χ0v) is 14.0. The van der Waals surface area contributed by atoms with Crippen LogP contribution >= 0.6 is 11.3 Å². The van der Waals surface area contributed by atoms with Gasteiger partial charge in [0.15, 0.2) is 0 Å². The van der Waals surface area contributed by atoms with Crippen molar-refractivity contribution in [3.8, 4) is 0 Å². The van der Waals surface area contributed by atoms with E-state index in [4.69, 9.17) is 2.74 Å². The molecule has 2 aromatic rings. The fourth-order valence-electron chi connectivity index (χ4n) is 3.71. The molecule has 2 aliphatic carbocycles. The van der Waals surface area contributed by atoms with Gasteiger partial charge < -0.3 is 10.2 Å². The average Bonchev–Trinajstić information content (AvgIpc) is 3.06. The molecule has 0 spiro atoms. The first-order valence-electron chi connectivity index (χ1n) is 9.15. The molecule has 0 amide bonds. The fourth-order valence-corrected chi connectivity index (χ4v) is 4.83. The van der Waals surface area contributed by atoms with Crippen LogP contribution in [0.5, 0.6) is 0 Å². The number of aromatic nitrogens is 2. The van der Waals surface area contributed by atoms with Crippen molar-refractivity contribution in [2.45, 2.75) is 57.0 Å². The molecule has 4 rings (SSSR count). The number of aryl methyl sites for hydroxylation is 2. The molecular formula is C17H24N4S. The largest absolute Gasteiger partial charge is 0.367 e. The van der Waals surface area contributed by atoms with Gasteiger partial charge >= 0.3 is 0 Å². The van der Waals surface area contributed by atoms with Crippen LogP contribution in [0.1, 0.15) is 45.3 Å². The van der Waals surface area contributed by atoms with Crippen molar-refractivity contribution in [2.24, 2.45) is 0 Å². The second kappa shape index (κ2) is 5.78. The molecule has 0 bridgehead atoms. The van der Waals surface area contributed by atoms with Crippen molar-refractivity contribution >= 4 is 27.4 Å². The second-order valence-corrected chi connectivity index (χ2v) is 7.60. The van der Waals surface area contributed by atoms with E-state index in [2.05, 4.69) is 34.3 Å². The third-order valence-corrected chi connectivity index (χ3v) is 6.11. The highest BCUT2D eigenvalue weighted by molar-refractivity contribution is 7.19. The Morgan fingerprint density at radius 1 is 1.27 bits per heavy atom. The highest BCUT2D eigenvalue weighted by Crippen LogP contribution is 2.39. The number of nitrogens with zero attached hydrogens (tertiary/aromatic N) is 3. The SMILES string of the molecule is [2H]C1([2H])CCc2c1sc1ncnc(NC3CCC(N(C)C)CC3)c21. The molecular weight excluding hydrogens is 292 g/mol. The van der Waals surface area contributed by atoms with Gasteiger partial charge in [-0.15, -0.1) is 11.3 Å². The van der Waals surface area contributed by atoms with Crippen molar-refractivity contribution in [1.29, 1.82) is 0 Å². The summed E-state index contributed by atoms with van der Waals surface area (Å²) >= 11 is 1.50. The predicted molar refractivity (Wildman–Crippen MR) is 92.8 cm³/mol. The van der Waals surface area contributed by atoms with Gasteiger partial charge in [-0.3, -0.25) is 0 Å². The summed E-state index contributed by atoms with van der Waals surface area (Å²) in [5.74, 6) is 0.906. The quantitative estimate of drug-likeness (QED) is 0.941. The number of fused-ring (bicyclic) bond motifs is 3. The zero-order chi connectivity index (χ0) is 16.9. The van der Waals surface area contributed by atoms with Crippen LogP contribution in [0.2, 0.25) is 0 Å². The molecule has 1 N–H and O–H groups in total. The summed E-state index contributed by atoms with van der Waals surface area (Å²) in [6.07, 6.45) is 6.50. The van der Waals surface area contributed by atoms with E-state index in [0.29, 0.717) is 18.5 Å². The van der Waals surface area contributed by atoms with E-state index in [0.717, 1.165) is 45.7 Å². The smallest absolute Gasteiger partial charge is 0.138 e. The molecule has 2 aliphatic rings. The Hall–Kier alpha value is -1.20. The third-order valence-electron chi connectivity index (χ3n) is 5.02. The minimum Gasteiger partial charge on any atom is -0.367 e. The van der Waals surface area contributed by atoms with Crippen molar-refractivity contribution in [1.82, 2.24) is 14.9 Å². The van der Waals surface area contributed by atoms with Crippen LogP contribution in [0.3, 0.4) is 0 Å². The lowest BCUT2D eigenvalue weighted by atomic mass is 9.90. The number of anilines is 1. The summed E-state index contributed by atoms with van der Waals surface area (Å²) < 4.78 is 16.4.